The second-order valence-electron chi connectivity index (χ2n) is 3.47. The van der Waals surface area contributed by atoms with E-state index in [1.54, 1.807) is 11.6 Å². The zero-order valence-electron chi connectivity index (χ0n) is 8.50. The number of benzene rings is 1. The molecule has 2 rings (SSSR count). The van der Waals surface area contributed by atoms with Crippen LogP contribution in [0.5, 0.6) is 0 Å². The van der Waals surface area contributed by atoms with Gasteiger partial charge >= 0.3 is 0 Å². The van der Waals surface area contributed by atoms with E-state index in [2.05, 4.69) is 15.9 Å². The lowest BCUT2D eigenvalue weighted by Gasteiger charge is -2.12. The Labute approximate surface area is 99.3 Å². The minimum atomic E-state index is -0.451. The maximum absolute atomic E-state index is 13.0. The summed E-state index contributed by atoms with van der Waals surface area (Å²) in [6, 6.07) is 4.01. The molecule has 1 heterocycles. The minimum absolute atomic E-state index is 0.250. The number of aliphatic hydroxyl groups is 1. The second-order valence-corrected chi connectivity index (χ2v) is 4.26. The number of rotatable bonds is 1. The molecule has 3 nitrogen and oxygen atoms in total. The Bertz CT molecular complexity index is 621. The molecule has 5 heteroatoms. The molecule has 0 amide bonds. The van der Waals surface area contributed by atoms with E-state index in [9.17, 15) is 14.3 Å². The quantitative estimate of drug-likeness (QED) is 0.870. The van der Waals surface area contributed by atoms with Crippen LogP contribution in [-0.2, 0) is 13.7 Å². The third-order valence-corrected chi connectivity index (χ3v) is 3.39. The number of nitrogens with zero attached hydrogens (tertiary/aromatic N) is 1. The van der Waals surface area contributed by atoms with Gasteiger partial charge in [0.05, 0.1) is 22.3 Å². The van der Waals surface area contributed by atoms with Crippen LogP contribution in [-0.4, -0.2) is 9.67 Å². The van der Waals surface area contributed by atoms with Crippen molar-refractivity contribution in [2.75, 3.05) is 0 Å². The molecule has 0 saturated heterocycles. The number of aromatic nitrogens is 1. The van der Waals surface area contributed by atoms with Crippen molar-refractivity contribution in [1.82, 2.24) is 4.57 Å². The lowest BCUT2D eigenvalue weighted by atomic mass is 10.2. The summed E-state index contributed by atoms with van der Waals surface area (Å²) in [5.74, 6) is -0.451. The fourth-order valence-corrected chi connectivity index (χ4v) is 2.30. The molecular formula is C11H9BrFNO2. The van der Waals surface area contributed by atoms with Crippen molar-refractivity contribution >= 4 is 26.8 Å². The van der Waals surface area contributed by atoms with Crippen LogP contribution in [0.3, 0.4) is 0 Å². The van der Waals surface area contributed by atoms with Gasteiger partial charge in [0, 0.05) is 12.4 Å². The maximum Gasteiger partial charge on any atom is 0.204 e. The van der Waals surface area contributed by atoms with Crippen molar-refractivity contribution in [2.45, 2.75) is 6.61 Å². The molecule has 0 aliphatic carbocycles. The van der Waals surface area contributed by atoms with Crippen LogP contribution in [0.1, 0.15) is 5.69 Å². The van der Waals surface area contributed by atoms with Crippen LogP contribution < -0.4 is 5.43 Å². The molecule has 0 bridgehead atoms. The third kappa shape index (κ3) is 1.56. The summed E-state index contributed by atoms with van der Waals surface area (Å²) in [4.78, 5) is 11.9. The molecule has 16 heavy (non-hydrogen) atoms. The van der Waals surface area contributed by atoms with Crippen molar-refractivity contribution < 1.29 is 9.50 Å². The molecule has 0 spiro atoms. The van der Waals surface area contributed by atoms with Gasteiger partial charge in [0.2, 0.25) is 5.43 Å². The van der Waals surface area contributed by atoms with Crippen molar-refractivity contribution in [1.29, 1.82) is 0 Å². The predicted octanol–water partition coefficient (Wildman–Crippen LogP) is 1.93. The Morgan fingerprint density at radius 3 is 2.81 bits per heavy atom. The van der Waals surface area contributed by atoms with Crippen molar-refractivity contribution in [3.8, 4) is 0 Å². The van der Waals surface area contributed by atoms with E-state index in [0.717, 1.165) is 0 Å². The zero-order chi connectivity index (χ0) is 11.9. The van der Waals surface area contributed by atoms with E-state index in [1.165, 1.54) is 18.2 Å². The number of hydrogen-bond acceptors (Lipinski definition) is 2. The van der Waals surface area contributed by atoms with Crippen LogP contribution in [0.4, 0.5) is 4.39 Å². The predicted molar refractivity (Wildman–Crippen MR) is 62.8 cm³/mol. The lowest BCUT2D eigenvalue weighted by molar-refractivity contribution is 0.271. The van der Waals surface area contributed by atoms with E-state index in [4.69, 9.17) is 0 Å². The topological polar surface area (TPSA) is 42.2 Å². The third-order valence-electron chi connectivity index (χ3n) is 2.57. The first kappa shape index (κ1) is 11.3. The van der Waals surface area contributed by atoms with Gasteiger partial charge in [-0.15, -0.1) is 0 Å². The highest BCUT2D eigenvalue weighted by atomic mass is 79.9. The van der Waals surface area contributed by atoms with Gasteiger partial charge in [-0.1, -0.05) is 0 Å². The van der Waals surface area contributed by atoms with Gasteiger partial charge in [0.15, 0.2) is 0 Å². The number of pyridine rings is 1. The number of hydrogen-bond donors (Lipinski definition) is 1. The highest BCUT2D eigenvalue weighted by molar-refractivity contribution is 9.10. The van der Waals surface area contributed by atoms with Crippen LogP contribution in [0, 0.1) is 5.82 Å². The molecule has 0 saturated carbocycles. The molecule has 0 aliphatic heterocycles. The number of fused-ring (bicyclic) bond motifs is 1. The molecule has 1 aromatic heterocycles. The normalized spacial score (nSPS) is 11.0. The molecule has 0 unspecified atom stereocenters. The Balaban J connectivity index is 3.02. The minimum Gasteiger partial charge on any atom is -0.390 e. The largest absolute Gasteiger partial charge is 0.390 e. The summed E-state index contributed by atoms with van der Waals surface area (Å²) in [6.45, 7) is -0.250. The Hall–Kier alpha value is -1.20. The fraction of sp³-hybridized carbons (Fsp3) is 0.182. The first-order valence-corrected chi connectivity index (χ1v) is 5.43. The average molecular weight is 286 g/mol. The number of aliphatic hydroxyl groups excluding tert-OH is 1. The van der Waals surface area contributed by atoms with Gasteiger partial charge in [0.1, 0.15) is 5.82 Å². The average Bonchev–Trinajstić information content (AvgIpc) is 2.27. The Morgan fingerprint density at radius 2 is 2.19 bits per heavy atom. The molecule has 1 aromatic carbocycles. The van der Waals surface area contributed by atoms with Crippen molar-refractivity contribution in [3.05, 3.63) is 44.4 Å². The highest BCUT2D eigenvalue weighted by Gasteiger charge is 2.12. The zero-order valence-corrected chi connectivity index (χ0v) is 10.1. The second kappa shape index (κ2) is 3.99. The molecule has 0 fully saturated rings. The number of aryl methyl sites for hydroxylation is 1. The standard InChI is InChI=1S/C11H9BrFNO2/c1-14-8-3-2-6(13)4-7(8)11(16)10(12)9(14)5-15/h2-4,15H,5H2,1H3. The smallest absolute Gasteiger partial charge is 0.204 e. The lowest BCUT2D eigenvalue weighted by Crippen LogP contribution is -2.14. The fourth-order valence-electron chi connectivity index (χ4n) is 1.70. The molecule has 0 radical (unpaired) electrons. The van der Waals surface area contributed by atoms with Gasteiger partial charge in [-0.05, 0) is 34.1 Å². The molecular weight excluding hydrogens is 277 g/mol. The van der Waals surface area contributed by atoms with E-state index in [1.807, 2.05) is 0 Å². The van der Waals surface area contributed by atoms with E-state index < -0.39 is 5.82 Å². The first-order chi connectivity index (χ1) is 7.56. The van der Waals surface area contributed by atoms with Crippen LogP contribution >= 0.6 is 15.9 Å². The Kier molecular flexibility index (Phi) is 2.82. The number of halogens is 2. The summed E-state index contributed by atoms with van der Waals surface area (Å²) >= 11 is 3.12. The van der Waals surface area contributed by atoms with Crippen molar-refractivity contribution in [3.63, 3.8) is 0 Å². The summed E-state index contributed by atoms with van der Waals surface area (Å²) < 4.78 is 15.0. The van der Waals surface area contributed by atoms with E-state index in [0.29, 0.717) is 16.6 Å². The molecule has 0 aliphatic rings. The molecule has 1 N–H and O–H groups in total. The summed E-state index contributed by atoms with van der Waals surface area (Å²) in [6.07, 6.45) is 0. The van der Waals surface area contributed by atoms with Gasteiger partial charge in [-0.2, -0.15) is 0 Å². The SMILES string of the molecule is Cn1c(CO)c(Br)c(=O)c2cc(F)ccc21. The molecule has 84 valence electrons. The van der Waals surface area contributed by atoms with Crippen LogP contribution in [0.25, 0.3) is 10.9 Å². The van der Waals surface area contributed by atoms with Crippen LogP contribution in [0.15, 0.2) is 27.5 Å². The maximum atomic E-state index is 13.0. The van der Waals surface area contributed by atoms with Gasteiger partial charge in [-0.25, -0.2) is 4.39 Å². The van der Waals surface area contributed by atoms with Gasteiger partial charge in [0.25, 0.3) is 0 Å². The monoisotopic (exact) mass is 285 g/mol. The van der Waals surface area contributed by atoms with Crippen molar-refractivity contribution in [2.24, 2.45) is 7.05 Å². The molecule has 2 aromatic rings. The first-order valence-electron chi connectivity index (χ1n) is 4.63. The summed E-state index contributed by atoms with van der Waals surface area (Å²) in [5, 5.41) is 9.47. The summed E-state index contributed by atoms with van der Waals surface area (Å²) in [5.41, 5.74) is 0.763. The van der Waals surface area contributed by atoms with Gasteiger partial charge in [-0.3, -0.25) is 4.79 Å². The summed E-state index contributed by atoms with van der Waals surface area (Å²) in [7, 11) is 1.72. The Morgan fingerprint density at radius 1 is 1.50 bits per heavy atom. The molecule has 0 atom stereocenters. The van der Waals surface area contributed by atoms with Gasteiger partial charge < -0.3 is 9.67 Å². The van der Waals surface area contributed by atoms with E-state index >= 15 is 0 Å². The van der Waals surface area contributed by atoms with E-state index in [-0.39, 0.29) is 16.5 Å². The highest BCUT2D eigenvalue weighted by Crippen LogP contribution is 2.19. The van der Waals surface area contributed by atoms with Crippen LogP contribution in [0.2, 0.25) is 0 Å².